The molecule has 2 aromatic rings. The van der Waals surface area contributed by atoms with E-state index in [1.54, 1.807) is 18.2 Å². The summed E-state index contributed by atoms with van der Waals surface area (Å²) in [6.45, 7) is 2.32. The predicted molar refractivity (Wildman–Crippen MR) is 97.8 cm³/mol. The number of carbonyl (C=O) groups is 2. The number of oxazole rings is 1. The van der Waals surface area contributed by atoms with Crippen molar-refractivity contribution in [2.45, 2.75) is 45.1 Å². The summed E-state index contributed by atoms with van der Waals surface area (Å²) in [6.07, 6.45) is 4.75. The van der Waals surface area contributed by atoms with Crippen molar-refractivity contribution < 1.29 is 14.0 Å². The highest BCUT2D eigenvalue weighted by atomic mass is 16.4. The van der Waals surface area contributed by atoms with Gasteiger partial charge in [-0.15, -0.1) is 0 Å². The lowest BCUT2D eigenvalue weighted by Crippen LogP contribution is -2.34. The van der Waals surface area contributed by atoms with Crippen LogP contribution in [0.15, 0.2) is 33.5 Å². The molecule has 7 heteroatoms. The van der Waals surface area contributed by atoms with Crippen LogP contribution in [0.5, 0.6) is 0 Å². The lowest BCUT2D eigenvalue weighted by atomic mass is 10.2. The second-order valence-corrected chi connectivity index (χ2v) is 6.63. The highest BCUT2D eigenvalue weighted by molar-refractivity contribution is 5.77. The summed E-state index contributed by atoms with van der Waals surface area (Å²) >= 11 is 0. The number of hydrogen-bond acceptors (Lipinski definition) is 4. The molecule has 2 amide bonds. The monoisotopic (exact) mass is 359 g/mol. The molecule has 1 N–H and O–H groups in total. The Balaban J connectivity index is 1.41. The molecule has 1 aromatic carbocycles. The van der Waals surface area contributed by atoms with Crippen LogP contribution >= 0.6 is 0 Å². The number of fused-ring (bicyclic) bond motifs is 1. The van der Waals surface area contributed by atoms with Crippen LogP contribution in [0.2, 0.25) is 0 Å². The Bertz CT molecular complexity index is 824. The van der Waals surface area contributed by atoms with Gasteiger partial charge in [-0.25, -0.2) is 4.79 Å². The molecule has 0 bridgehead atoms. The largest absolute Gasteiger partial charge is 0.419 e. The molecule has 0 spiro atoms. The molecule has 1 aliphatic rings. The van der Waals surface area contributed by atoms with Crippen LogP contribution in [-0.2, 0) is 16.1 Å². The van der Waals surface area contributed by atoms with E-state index < -0.39 is 5.76 Å². The Morgan fingerprint density at radius 3 is 2.85 bits per heavy atom. The van der Waals surface area contributed by atoms with Crippen LogP contribution in [-0.4, -0.2) is 40.9 Å². The highest BCUT2D eigenvalue weighted by Crippen LogP contribution is 2.12. The minimum Gasteiger partial charge on any atom is -0.408 e. The van der Waals surface area contributed by atoms with Crippen LogP contribution < -0.4 is 11.1 Å². The minimum absolute atomic E-state index is 0.107. The van der Waals surface area contributed by atoms with Gasteiger partial charge in [-0.05, 0) is 31.4 Å². The number of benzene rings is 1. The van der Waals surface area contributed by atoms with Gasteiger partial charge >= 0.3 is 5.76 Å². The number of nitrogens with zero attached hydrogens (tertiary/aromatic N) is 2. The molecular weight excluding hydrogens is 334 g/mol. The SMILES string of the molecule is O=C(CCn1c(=O)oc2ccccc21)NCCCN1CCCCCC1=O. The number of carbonyl (C=O) groups excluding carboxylic acids is 2. The average Bonchev–Trinajstić information content (AvgIpc) is 2.81. The zero-order chi connectivity index (χ0) is 18.4. The van der Waals surface area contributed by atoms with Gasteiger partial charge in [-0.2, -0.15) is 0 Å². The number of para-hydroxylation sites is 2. The Morgan fingerprint density at radius 1 is 1.12 bits per heavy atom. The molecule has 26 heavy (non-hydrogen) atoms. The molecule has 140 valence electrons. The van der Waals surface area contributed by atoms with E-state index in [1.165, 1.54) is 4.57 Å². The molecular formula is C19H25N3O4. The van der Waals surface area contributed by atoms with Gasteiger partial charge in [-0.1, -0.05) is 18.6 Å². The van der Waals surface area contributed by atoms with Gasteiger partial charge in [0.2, 0.25) is 11.8 Å². The summed E-state index contributed by atoms with van der Waals surface area (Å²) in [4.78, 5) is 37.7. The van der Waals surface area contributed by atoms with Crippen molar-refractivity contribution in [2.24, 2.45) is 0 Å². The van der Waals surface area contributed by atoms with E-state index in [4.69, 9.17) is 4.42 Å². The Morgan fingerprint density at radius 2 is 1.96 bits per heavy atom. The van der Waals surface area contributed by atoms with Gasteiger partial charge < -0.3 is 14.6 Å². The maximum absolute atomic E-state index is 12.0. The quantitative estimate of drug-likeness (QED) is 0.765. The van der Waals surface area contributed by atoms with E-state index >= 15 is 0 Å². The van der Waals surface area contributed by atoms with E-state index in [2.05, 4.69) is 5.32 Å². The van der Waals surface area contributed by atoms with Crippen LogP contribution in [0, 0.1) is 0 Å². The predicted octanol–water partition coefficient (Wildman–Crippen LogP) is 1.89. The molecule has 0 unspecified atom stereocenters. The van der Waals surface area contributed by atoms with Crippen LogP contribution in [0.25, 0.3) is 11.1 Å². The maximum Gasteiger partial charge on any atom is 0.419 e. The number of aryl methyl sites for hydroxylation is 1. The first kappa shape index (κ1) is 18.2. The summed E-state index contributed by atoms with van der Waals surface area (Å²) < 4.78 is 6.63. The van der Waals surface area contributed by atoms with E-state index in [0.717, 1.165) is 32.2 Å². The average molecular weight is 359 g/mol. The Labute approximate surface area is 152 Å². The van der Waals surface area contributed by atoms with Crippen LogP contribution in [0.3, 0.4) is 0 Å². The van der Waals surface area contributed by atoms with E-state index in [9.17, 15) is 14.4 Å². The molecule has 2 heterocycles. The van der Waals surface area contributed by atoms with Crippen molar-refractivity contribution in [2.75, 3.05) is 19.6 Å². The van der Waals surface area contributed by atoms with Gasteiger partial charge in [0, 0.05) is 39.0 Å². The number of hydrogen-bond donors (Lipinski definition) is 1. The summed E-state index contributed by atoms with van der Waals surface area (Å²) in [7, 11) is 0. The molecule has 1 fully saturated rings. The van der Waals surface area contributed by atoms with E-state index in [1.807, 2.05) is 11.0 Å². The number of aromatic nitrogens is 1. The zero-order valence-corrected chi connectivity index (χ0v) is 14.9. The molecule has 0 radical (unpaired) electrons. The number of rotatable bonds is 7. The van der Waals surface area contributed by atoms with Crippen LogP contribution in [0.4, 0.5) is 0 Å². The first-order valence-electron chi connectivity index (χ1n) is 9.28. The summed E-state index contributed by atoms with van der Waals surface area (Å²) in [6, 6.07) is 7.17. The second-order valence-electron chi connectivity index (χ2n) is 6.63. The lowest BCUT2D eigenvalue weighted by molar-refractivity contribution is -0.130. The number of amides is 2. The topological polar surface area (TPSA) is 84.5 Å². The summed E-state index contributed by atoms with van der Waals surface area (Å²) in [5, 5.41) is 2.86. The third-order valence-electron chi connectivity index (χ3n) is 4.73. The fourth-order valence-corrected chi connectivity index (χ4v) is 3.30. The highest BCUT2D eigenvalue weighted by Gasteiger charge is 2.16. The van der Waals surface area contributed by atoms with Crippen molar-refractivity contribution in [3.05, 3.63) is 34.8 Å². The molecule has 3 rings (SSSR count). The fraction of sp³-hybridized carbons (Fsp3) is 0.526. The molecule has 0 saturated carbocycles. The van der Waals surface area contributed by atoms with Gasteiger partial charge in [0.25, 0.3) is 0 Å². The smallest absolute Gasteiger partial charge is 0.408 e. The maximum atomic E-state index is 12.0. The lowest BCUT2D eigenvalue weighted by Gasteiger charge is -2.20. The van der Waals surface area contributed by atoms with E-state index in [-0.39, 0.29) is 24.8 Å². The first-order chi connectivity index (χ1) is 12.6. The molecule has 1 saturated heterocycles. The zero-order valence-electron chi connectivity index (χ0n) is 14.9. The fourth-order valence-electron chi connectivity index (χ4n) is 3.30. The van der Waals surface area contributed by atoms with Gasteiger partial charge in [0.1, 0.15) is 0 Å². The van der Waals surface area contributed by atoms with Crippen molar-refractivity contribution in [3.63, 3.8) is 0 Å². The normalized spacial score (nSPS) is 15.2. The minimum atomic E-state index is -0.446. The number of nitrogens with one attached hydrogen (secondary N) is 1. The first-order valence-corrected chi connectivity index (χ1v) is 9.28. The standard InChI is InChI=1S/C19H25N3O4/c23-17(20-11-6-13-21-12-5-1-2-9-18(21)24)10-14-22-15-7-3-4-8-16(15)26-19(22)25/h3-4,7-8H,1-2,5-6,9-14H2,(H,20,23). The Hall–Kier alpha value is -2.57. The van der Waals surface area contributed by atoms with Crippen molar-refractivity contribution in [3.8, 4) is 0 Å². The molecule has 0 aliphatic carbocycles. The summed E-state index contributed by atoms with van der Waals surface area (Å²) in [5.41, 5.74) is 1.23. The van der Waals surface area contributed by atoms with Crippen molar-refractivity contribution >= 4 is 22.9 Å². The molecule has 7 nitrogen and oxygen atoms in total. The second kappa shape index (κ2) is 8.69. The molecule has 1 aliphatic heterocycles. The number of likely N-dealkylation sites (tertiary alicyclic amines) is 1. The van der Waals surface area contributed by atoms with Crippen molar-refractivity contribution in [1.29, 1.82) is 0 Å². The van der Waals surface area contributed by atoms with Gasteiger partial charge in [0.05, 0.1) is 5.52 Å². The van der Waals surface area contributed by atoms with E-state index in [0.29, 0.717) is 30.6 Å². The third kappa shape index (κ3) is 4.53. The van der Waals surface area contributed by atoms with Gasteiger partial charge in [-0.3, -0.25) is 14.2 Å². The summed E-state index contributed by atoms with van der Waals surface area (Å²) in [5.74, 6) is -0.330. The van der Waals surface area contributed by atoms with Crippen LogP contribution in [0.1, 0.15) is 38.5 Å². The van der Waals surface area contributed by atoms with Gasteiger partial charge in [0.15, 0.2) is 5.58 Å². The third-order valence-corrected chi connectivity index (χ3v) is 4.73. The molecule has 1 aromatic heterocycles. The Kier molecular flexibility index (Phi) is 6.09. The van der Waals surface area contributed by atoms with Crippen molar-refractivity contribution in [1.82, 2.24) is 14.8 Å². The molecule has 0 atom stereocenters.